The van der Waals surface area contributed by atoms with Crippen LogP contribution in [0.2, 0.25) is 10.2 Å². The SMILES string of the molecule is Cc1cccc(Cl)c1CN1CCc2cc(-c3c(CO)nc(Cl)c([C@H](OC(C)(C)C)C(=O)O)c3N3CCC(C)(C)CC3)ccc2C1. The number of anilines is 1. The molecule has 2 aliphatic heterocycles. The van der Waals surface area contributed by atoms with Crippen LogP contribution in [0.15, 0.2) is 36.4 Å². The second-order valence-corrected chi connectivity index (χ2v) is 15.0. The summed E-state index contributed by atoms with van der Waals surface area (Å²) in [5, 5.41) is 21.9. The van der Waals surface area contributed by atoms with E-state index in [1.807, 2.05) is 32.9 Å². The maximum Gasteiger partial charge on any atom is 0.337 e. The van der Waals surface area contributed by atoms with Crippen LogP contribution in [0.3, 0.4) is 0 Å². The van der Waals surface area contributed by atoms with E-state index in [9.17, 15) is 15.0 Å². The number of aromatic nitrogens is 1. The van der Waals surface area contributed by atoms with Crippen LogP contribution in [0.1, 0.15) is 87.1 Å². The van der Waals surface area contributed by atoms with Gasteiger partial charge in [-0.3, -0.25) is 4.90 Å². The summed E-state index contributed by atoms with van der Waals surface area (Å²) < 4.78 is 6.14. The highest BCUT2D eigenvalue weighted by Gasteiger charge is 2.37. The summed E-state index contributed by atoms with van der Waals surface area (Å²) in [6.45, 7) is 15.7. The molecule has 1 saturated heterocycles. The van der Waals surface area contributed by atoms with Gasteiger partial charge in [0.2, 0.25) is 0 Å². The number of hydrogen-bond acceptors (Lipinski definition) is 6. The molecule has 2 aromatic carbocycles. The van der Waals surface area contributed by atoms with Gasteiger partial charge in [0.1, 0.15) is 5.15 Å². The maximum absolute atomic E-state index is 12.8. The number of halogens is 2. The summed E-state index contributed by atoms with van der Waals surface area (Å²) in [5.74, 6) is -1.13. The Morgan fingerprint density at radius 3 is 2.42 bits per heavy atom. The van der Waals surface area contributed by atoms with Gasteiger partial charge in [0, 0.05) is 43.3 Å². The Morgan fingerprint density at radius 1 is 1.09 bits per heavy atom. The first-order chi connectivity index (χ1) is 21.2. The number of fused-ring (bicyclic) bond motifs is 1. The van der Waals surface area contributed by atoms with Gasteiger partial charge < -0.3 is 19.8 Å². The van der Waals surface area contributed by atoms with Crippen molar-refractivity contribution in [3.05, 3.63) is 80.1 Å². The lowest BCUT2D eigenvalue weighted by atomic mass is 9.82. The minimum Gasteiger partial charge on any atom is -0.479 e. The van der Waals surface area contributed by atoms with Crippen molar-refractivity contribution in [2.75, 3.05) is 24.5 Å². The molecular weight excluding hydrogens is 609 g/mol. The van der Waals surface area contributed by atoms with Crippen molar-refractivity contribution >= 4 is 34.9 Å². The third-order valence-electron chi connectivity index (χ3n) is 9.10. The molecule has 2 aliphatic rings. The highest BCUT2D eigenvalue weighted by molar-refractivity contribution is 6.31. The largest absolute Gasteiger partial charge is 0.479 e. The number of pyridine rings is 1. The fraction of sp³-hybridized carbons (Fsp3) is 0.500. The van der Waals surface area contributed by atoms with Crippen molar-refractivity contribution < 1.29 is 19.7 Å². The second kappa shape index (κ2) is 13.2. The normalized spacial score (nSPS) is 17.7. The molecule has 2 N–H and O–H groups in total. The van der Waals surface area contributed by atoms with Crippen molar-refractivity contribution in [1.29, 1.82) is 0 Å². The highest BCUT2D eigenvalue weighted by atomic mass is 35.5. The summed E-state index contributed by atoms with van der Waals surface area (Å²) in [4.78, 5) is 22.0. The van der Waals surface area contributed by atoms with Crippen LogP contribution in [0.5, 0.6) is 0 Å². The van der Waals surface area contributed by atoms with Gasteiger partial charge in [0.05, 0.1) is 29.2 Å². The molecule has 3 aromatic rings. The van der Waals surface area contributed by atoms with Gasteiger partial charge in [-0.15, -0.1) is 0 Å². The van der Waals surface area contributed by atoms with Gasteiger partial charge in [0.15, 0.2) is 6.10 Å². The number of ether oxygens (including phenoxy) is 1. The number of carboxylic acid groups (broad SMARTS) is 1. The highest BCUT2D eigenvalue weighted by Crippen LogP contribution is 2.47. The summed E-state index contributed by atoms with van der Waals surface area (Å²) in [5.41, 5.74) is 7.30. The molecule has 9 heteroatoms. The number of aliphatic carboxylic acids is 1. The Bertz CT molecular complexity index is 1550. The Labute approximate surface area is 277 Å². The molecule has 0 saturated carbocycles. The van der Waals surface area contributed by atoms with Crippen LogP contribution in [-0.4, -0.2) is 51.3 Å². The number of carbonyl (C=O) groups is 1. The Kier molecular flexibility index (Phi) is 9.88. The average Bonchev–Trinajstić information content (AvgIpc) is 2.97. The zero-order valence-corrected chi connectivity index (χ0v) is 28.7. The molecule has 0 amide bonds. The fourth-order valence-electron chi connectivity index (χ4n) is 6.50. The van der Waals surface area contributed by atoms with E-state index < -0.39 is 17.7 Å². The predicted molar refractivity (Wildman–Crippen MR) is 181 cm³/mol. The van der Waals surface area contributed by atoms with Crippen LogP contribution in [0, 0.1) is 12.3 Å². The summed E-state index contributed by atoms with van der Waals surface area (Å²) >= 11 is 13.4. The fourth-order valence-corrected chi connectivity index (χ4v) is 7.07. The number of aryl methyl sites for hydroxylation is 1. The van der Waals surface area contributed by atoms with Gasteiger partial charge >= 0.3 is 5.97 Å². The molecule has 3 heterocycles. The molecule has 0 unspecified atom stereocenters. The molecule has 0 spiro atoms. The number of piperidine rings is 1. The molecule has 1 aromatic heterocycles. The van der Waals surface area contributed by atoms with E-state index in [0.29, 0.717) is 16.9 Å². The molecule has 45 heavy (non-hydrogen) atoms. The van der Waals surface area contributed by atoms with Gasteiger partial charge in [-0.1, -0.05) is 67.4 Å². The van der Waals surface area contributed by atoms with E-state index in [4.69, 9.17) is 27.9 Å². The lowest BCUT2D eigenvalue weighted by molar-refractivity contribution is -0.160. The topological polar surface area (TPSA) is 86.1 Å². The third kappa shape index (κ3) is 7.50. The van der Waals surface area contributed by atoms with Crippen molar-refractivity contribution in [2.45, 2.75) is 92.2 Å². The van der Waals surface area contributed by atoms with Crippen molar-refractivity contribution in [3.63, 3.8) is 0 Å². The second-order valence-electron chi connectivity index (χ2n) is 14.2. The smallest absolute Gasteiger partial charge is 0.337 e. The Balaban J connectivity index is 1.60. The number of rotatable bonds is 8. The summed E-state index contributed by atoms with van der Waals surface area (Å²) in [6.07, 6.45) is 1.39. The number of carboxylic acids is 1. The average molecular weight is 655 g/mol. The quantitative estimate of drug-likeness (QED) is 0.238. The first-order valence-electron chi connectivity index (χ1n) is 15.7. The van der Waals surface area contributed by atoms with Crippen LogP contribution < -0.4 is 4.90 Å². The van der Waals surface area contributed by atoms with Crippen LogP contribution in [-0.2, 0) is 35.6 Å². The Hall–Kier alpha value is -2.68. The monoisotopic (exact) mass is 653 g/mol. The molecular formula is C36H45Cl2N3O4. The molecule has 1 fully saturated rings. The Morgan fingerprint density at radius 2 is 1.80 bits per heavy atom. The number of hydrogen-bond donors (Lipinski definition) is 2. The van der Waals surface area contributed by atoms with Crippen LogP contribution in [0.25, 0.3) is 11.1 Å². The number of aliphatic hydroxyl groups excluding tert-OH is 1. The van der Waals surface area contributed by atoms with Gasteiger partial charge in [0.25, 0.3) is 0 Å². The number of nitrogens with zero attached hydrogens (tertiary/aromatic N) is 3. The van der Waals surface area contributed by atoms with E-state index in [2.05, 4.69) is 59.8 Å². The van der Waals surface area contributed by atoms with E-state index in [-0.39, 0.29) is 17.2 Å². The molecule has 242 valence electrons. The molecule has 1 atom stereocenters. The molecule has 0 bridgehead atoms. The van der Waals surface area contributed by atoms with Crippen molar-refractivity contribution in [1.82, 2.24) is 9.88 Å². The van der Waals surface area contributed by atoms with Crippen LogP contribution >= 0.6 is 23.2 Å². The summed E-state index contributed by atoms with van der Waals surface area (Å²) in [7, 11) is 0. The standard InChI is InChI=1S/C36H45Cl2N3O4/c1-22-8-7-9-27(37)26(22)20-40-15-12-23-18-24(10-11-25(23)19-40)29-28(21-42)39-33(38)30(32(34(43)44)45-35(2,3)4)31(29)41-16-13-36(5,6)14-17-41/h7-11,18,32,42H,12-17,19-21H2,1-6H3,(H,43,44)/t32-/m0/s1. The zero-order valence-electron chi connectivity index (χ0n) is 27.2. The number of aliphatic hydroxyl groups is 1. The minimum atomic E-state index is -1.33. The van der Waals surface area contributed by atoms with Crippen LogP contribution in [0.4, 0.5) is 5.69 Å². The van der Waals surface area contributed by atoms with E-state index >= 15 is 0 Å². The number of benzene rings is 2. The zero-order chi connectivity index (χ0) is 32.7. The van der Waals surface area contributed by atoms with Crippen molar-refractivity contribution in [3.8, 4) is 11.1 Å². The molecule has 5 rings (SSSR count). The van der Waals surface area contributed by atoms with E-state index in [1.54, 1.807) is 0 Å². The molecule has 0 aliphatic carbocycles. The lowest BCUT2D eigenvalue weighted by Gasteiger charge is -2.41. The molecule has 0 radical (unpaired) electrons. The maximum atomic E-state index is 12.8. The third-order valence-corrected chi connectivity index (χ3v) is 9.74. The van der Waals surface area contributed by atoms with Gasteiger partial charge in [-0.2, -0.15) is 0 Å². The molecule has 7 nitrogen and oxygen atoms in total. The first kappa shape index (κ1) is 33.7. The lowest BCUT2D eigenvalue weighted by Crippen LogP contribution is -2.39. The van der Waals surface area contributed by atoms with E-state index in [0.717, 1.165) is 73.7 Å². The summed E-state index contributed by atoms with van der Waals surface area (Å²) in [6, 6.07) is 12.4. The predicted octanol–water partition coefficient (Wildman–Crippen LogP) is 7.98. The minimum absolute atomic E-state index is 0.0442. The first-order valence-corrected chi connectivity index (χ1v) is 16.5. The van der Waals surface area contributed by atoms with E-state index in [1.165, 1.54) is 16.7 Å². The van der Waals surface area contributed by atoms with Gasteiger partial charge in [-0.05, 0) is 86.3 Å². The van der Waals surface area contributed by atoms with Crippen molar-refractivity contribution in [2.24, 2.45) is 5.41 Å². The van der Waals surface area contributed by atoms with Gasteiger partial charge in [-0.25, -0.2) is 9.78 Å².